The third-order valence-corrected chi connectivity index (χ3v) is 7.34. The van der Waals surface area contributed by atoms with Crippen LogP contribution in [0.15, 0.2) is 48.7 Å². The molecule has 8 nitrogen and oxygen atoms in total. The van der Waals surface area contributed by atoms with E-state index in [4.69, 9.17) is 15.0 Å². The molecule has 0 bridgehead atoms. The van der Waals surface area contributed by atoms with Crippen LogP contribution >= 0.6 is 0 Å². The number of benzene rings is 2. The van der Waals surface area contributed by atoms with Crippen molar-refractivity contribution in [1.82, 2.24) is 19.5 Å². The molecule has 1 N–H and O–H groups in total. The van der Waals surface area contributed by atoms with Crippen LogP contribution in [0.25, 0.3) is 11.0 Å². The SMILES string of the molecule is Cn1c(CC2CCC(Cc3ccnc(COc4ccc(C#N)cc4F)n3)CC2)nc2ccc(C(=O)O)cc21. The number of nitriles is 1. The summed E-state index contributed by atoms with van der Waals surface area (Å²) in [5, 5.41) is 18.2. The summed E-state index contributed by atoms with van der Waals surface area (Å²) < 4.78 is 21.6. The molecule has 0 radical (unpaired) electrons. The monoisotopic (exact) mass is 513 g/mol. The maximum Gasteiger partial charge on any atom is 0.335 e. The van der Waals surface area contributed by atoms with Gasteiger partial charge in [0.05, 0.1) is 28.2 Å². The zero-order chi connectivity index (χ0) is 26.6. The van der Waals surface area contributed by atoms with Gasteiger partial charge in [-0.05, 0) is 86.4 Å². The second-order valence-corrected chi connectivity index (χ2v) is 9.90. The first-order chi connectivity index (χ1) is 18.4. The molecule has 1 aliphatic rings. The number of aromatic carboxylic acids is 1. The molecule has 0 spiro atoms. The summed E-state index contributed by atoms with van der Waals surface area (Å²) in [4.78, 5) is 25.0. The number of halogens is 1. The first-order valence-electron chi connectivity index (χ1n) is 12.7. The topological polar surface area (TPSA) is 114 Å². The van der Waals surface area contributed by atoms with E-state index in [1.54, 1.807) is 24.4 Å². The van der Waals surface area contributed by atoms with Crippen LogP contribution in [0.5, 0.6) is 5.75 Å². The molecule has 1 aliphatic carbocycles. The molecule has 2 aromatic heterocycles. The Bertz CT molecular complexity index is 1520. The second-order valence-electron chi connectivity index (χ2n) is 9.90. The number of fused-ring (bicyclic) bond motifs is 1. The van der Waals surface area contributed by atoms with Gasteiger partial charge < -0.3 is 14.4 Å². The highest BCUT2D eigenvalue weighted by Gasteiger charge is 2.24. The van der Waals surface area contributed by atoms with Gasteiger partial charge in [-0.15, -0.1) is 0 Å². The van der Waals surface area contributed by atoms with Crippen molar-refractivity contribution in [3.8, 4) is 11.8 Å². The summed E-state index contributed by atoms with van der Waals surface area (Å²) in [5.74, 6) is 1.11. The molecule has 1 saturated carbocycles. The predicted molar refractivity (Wildman–Crippen MR) is 138 cm³/mol. The highest BCUT2D eigenvalue weighted by Crippen LogP contribution is 2.33. The van der Waals surface area contributed by atoms with Gasteiger partial charge in [-0.3, -0.25) is 0 Å². The minimum absolute atomic E-state index is 0.0510. The van der Waals surface area contributed by atoms with Crippen molar-refractivity contribution in [1.29, 1.82) is 5.26 Å². The fourth-order valence-corrected chi connectivity index (χ4v) is 5.20. The predicted octanol–water partition coefficient (Wildman–Crippen LogP) is 5.24. The van der Waals surface area contributed by atoms with Gasteiger partial charge in [-0.25, -0.2) is 24.1 Å². The molecular formula is C29H28FN5O3. The average Bonchev–Trinajstić information content (AvgIpc) is 3.23. The van der Waals surface area contributed by atoms with Crippen LogP contribution in [-0.4, -0.2) is 30.6 Å². The van der Waals surface area contributed by atoms with Gasteiger partial charge in [0, 0.05) is 25.4 Å². The average molecular weight is 514 g/mol. The molecule has 2 heterocycles. The number of carboxylic acid groups (broad SMARTS) is 1. The van der Waals surface area contributed by atoms with Crippen LogP contribution in [0.2, 0.25) is 0 Å². The van der Waals surface area contributed by atoms with Crippen molar-refractivity contribution in [2.75, 3.05) is 0 Å². The number of nitrogens with zero attached hydrogens (tertiary/aromatic N) is 5. The van der Waals surface area contributed by atoms with Crippen LogP contribution in [0, 0.1) is 29.0 Å². The van der Waals surface area contributed by atoms with Crippen molar-refractivity contribution in [3.05, 3.63) is 82.9 Å². The van der Waals surface area contributed by atoms with Crippen LogP contribution in [-0.2, 0) is 26.5 Å². The van der Waals surface area contributed by atoms with Crippen molar-refractivity contribution in [3.63, 3.8) is 0 Å². The summed E-state index contributed by atoms with van der Waals surface area (Å²) in [7, 11) is 1.95. The number of carbonyl (C=O) groups is 1. The lowest BCUT2D eigenvalue weighted by Gasteiger charge is -2.28. The molecule has 9 heteroatoms. The summed E-state index contributed by atoms with van der Waals surface area (Å²) in [5.41, 5.74) is 3.14. The van der Waals surface area contributed by atoms with Gasteiger partial charge in [-0.1, -0.05) is 0 Å². The molecule has 5 rings (SSSR count). The van der Waals surface area contributed by atoms with Crippen LogP contribution in [0.4, 0.5) is 4.39 Å². The molecule has 0 saturated heterocycles. The Morgan fingerprint density at radius 1 is 1.11 bits per heavy atom. The van der Waals surface area contributed by atoms with E-state index in [-0.39, 0.29) is 23.5 Å². The fraction of sp³-hybridized carbons (Fsp3) is 0.345. The Kier molecular flexibility index (Phi) is 7.31. The molecule has 4 aromatic rings. The first kappa shape index (κ1) is 25.3. The Morgan fingerprint density at radius 3 is 2.58 bits per heavy atom. The van der Waals surface area contributed by atoms with E-state index < -0.39 is 11.8 Å². The Balaban J connectivity index is 1.14. The van der Waals surface area contributed by atoms with E-state index in [2.05, 4.69) is 9.97 Å². The number of rotatable bonds is 8. The van der Waals surface area contributed by atoms with Crippen molar-refractivity contribution in [2.45, 2.75) is 45.1 Å². The van der Waals surface area contributed by atoms with Gasteiger partial charge in [0.2, 0.25) is 0 Å². The number of aryl methyl sites for hydroxylation is 1. The van der Waals surface area contributed by atoms with E-state index in [0.29, 0.717) is 17.7 Å². The highest BCUT2D eigenvalue weighted by atomic mass is 19.1. The molecule has 38 heavy (non-hydrogen) atoms. The third-order valence-electron chi connectivity index (χ3n) is 7.34. The van der Waals surface area contributed by atoms with Crippen LogP contribution in [0.3, 0.4) is 0 Å². The maximum absolute atomic E-state index is 14.1. The zero-order valence-corrected chi connectivity index (χ0v) is 21.1. The molecule has 0 atom stereocenters. The number of imidazole rings is 1. The largest absolute Gasteiger partial charge is 0.483 e. The lowest BCUT2D eigenvalue weighted by Crippen LogP contribution is -2.19. The number of aromatic nitrogens is 4. The molecular weight excluding hydrogens is 485 g/mol. The van der Waals surface area contributed by atoms with Crippen molar-refractivity contribution < 1.29 is 19.0 Å². The standard InChI is InChI=1S/C29H28FN5O3/c1-35-25-15-21(29(36)37)7-8-24(25)34-28(35)14-19-4-2-18(3-5-19)12-22-10-11-32-27(33-22)17-38-26-9-6-20(16-31)13-23(26)30/h6-11,13,15,18-19H,2-5,12,14,17H2,1H3,(H,36,37). The van der Waals surface area contributed by atoms with Gasteiger partial charge >= 0.3 is 5.97 Å². The second kappa shape index (κ2) is 11.0. The van der Waals surface area contributed by atoms with Crippen molar-refractivity contribution >= 4 is 17.0 Å². The molecule has 0 amide bonds. The number of ether oxygens (including phenoxy) is 1. The van der Waals surface area contributed by atoms with E-state index >= 15 is 0 Å². The summed E-state index contributed by atoms with van der Waals surface area (Å²) in [6, 6.07) is 13.0. The number of hydrogen-bond donors (Lipinski definition) is 1. The van der Waals surface area contributed by atoms with E-state index in [1.165, 1.54) is 12.1 Å². The lowest BCUT2D eigenvalue weighted by atomic mass is 9.78. The third kappa shape index (κ3) is 5.65. The minimum atomic E-state index is -0.934. The summed E-state index contributed by atoms with van der Waals surface area (Å²) in [6.07, 6.45) is 7.86. The molecule has 194 valence electrons. The van der Waals surface area contributed by atoms with E-state index in [9.17, 15) is 14.3 Å². The highest BCUT2D eigenvalue weighted by molar-refractivity contribution is 5.92. The molecule has 0 unspecified atom stereocenters. The Labute approximate surface area is 219 Å². The van der Waals surface area contributed by atoms with Gasteiger partial charge in [0.25, 0.3) is 0 Å². The van der Waals surface area contributed by atoms with Gasteiger partial charge in [0.15, 0.2) is 17.4 Å². The zero-order valence-electron chi connectivity index (χ0n) is 21.1. The first-order valence-corrected chi connectivity index (χ1v) is 12.7. The normalized spacial score (nSPS) is 17.3. The maximum atomic E-state index is 14.1. The number of carboxylic acids is 1. The summed E-state index contributed by atoms with van der Waals surface area (Å²) >= 11 is 0. The van der Waals surface area contributed by atoms with E-state index in [0.717, 1.165) is 67.1 Å². The van der Waals surface area contributed by atoms with Crippen molar-refractivity contribution in [2.24, 2.45) is 18.9 Å². The Morgan fingerprint density at radius 2 is 1.87 bits per heavy atom. The van der Waals surface area contributed by atoms with Gasteiger partial charge in [0.1, 0.15) is 12.4 Å². The lowest BCUT2D eigenvalue weighted by molar-refractivity contribution is 0.0697. The molecule has 0 aliphatic heterocycles. The Hall–Kier alpha value is -4.32. The molecule has 1 fully saturated rings. The van der Waals surface area contributed by atoms with E-state index in [1.807, 2.05) is 23.8 Å². The van der Waals surface area contributed by atoms with Gasteiger partial charge in [-0.2, -0.15) is 5.26 Å². The van der Waals surface area contributed by atoms with Crippen LogP contribution < -0.4 is 4.74 Å². The van der Waals surface area contributed by atoms with Crippen LogP contribution in [0.1, 0.15) is 58.9 Å². The fourth-order valence-electron chi connectivity index (χ4n) is 5.20. The quantitative estimate of drug-likeness (QED) is 0.343. The smallest absolute Gasteiger partial charge is 0.335 e. The minimum Gasteiger partial charge on any atom is -0.483 e. The summed E-state index contributed by atoms with van der Waals surface area (Å²) in [6.45, 7) is 0.0510. The molecule has 2 aromatic carbocycles. The number of hydrogen-bond acceptors (Lipinski definition) is 6.